The molecule has 1 aromatic carbocycles. The standard InChI is InChI=1S/C22H27N3O2/c1-15-13-16(2)25(24-15)19(20-7-6-12-27-20)14-23-21(26)17-8-10-18(11-9-17)22(3,4)5/h6-13,19H,14H2,1-5H3,(H,23,26). The second-order valence-corrected chi connectivity index (χ2v) is 7.94. The summed E-state index contributed by atoms with van der Waals surface area (Å²) in [6, 6.07) is 13.4. The Hall–Kier alpha value is -2.82. The lowest BCUT2D eigenvalue weighted by molar-refractivity contribution is 0.0948. The summed E-state index contributed by atoms with van der Waals surface area (Å²) in [4.78, 5) is 12.6. The Labute approximate surface area is 160 Å². The number of nitrogens with zero attached hydrogens (tertiary/aromatic N) is 2. The van der Waals surface area contributed by atoms with E-state index in [1.54, 1.807) is 6.26 Å². The smallest absolute Gasteiger partial charge is 0.251 e. The van der Waals surface area contributed by atoms with Gasteiger partial charge in [0.2, 0.25) is 0 Å². The molecule has 142 valence electrons. The summed E-state index contributed by atoms with van der Waals surface area (Å²) < 4.78 is 7.49. The molecule has 0 fully saturated rings. The molecule has 3 rings (SSSR count). The Morgan fingerprint density at radius 3 is 2.41 bits per heavy atom. The number of aromatic nitrogens is 2. The number of carbonyl (C=O) groups excluding carboxylic acids is 1. The molecule has 2 heterocycles. The van der Waals surface area contributed by atoms with Crippen LogP contribution in [0.3, 0.4) is 0 Å². The van der Waals surface area contributed by atoms with Gasteiger partial charge >= 0.3 is 0 Å². The lowest BCUT2D eigenvalue weighted by Crippen LogP contribution is -2.32. The number of hydrogen-bond acceptors (Lipinski definition) is 3. The molecule has 0 aliphatic heterocycles. The number of hydrogen-bond donors (Lipinski definition) is 1. The van der Waals surface area contributed by atoms with E-state index in [2.05, 4.69) is 31.2 Å². The van der Waals surface area contributed by atoms with Crippen molar-refractivity contribution in [2.45, 2.75) is 46.1 Å². The first kappa shape index (κ1) is 19.0. The molecule has 1 unspecified atom stereocenters. The maximum atomic E-state index is 12.6. The van der Waals surface area contributed by atoms with Crippen molar-refractivity contribution >= 4 is 5.91 Å². The molecule has 0 bridgehead atoms. The van der Waals surface area contributed by atoms with E-state index in [0.29, 0.717) is 12.1 Å². The third-order valence-corrected chi connectivity index (χ3v) is 4.68. The zero-order valence-electron chi connectivity index (χ0n) is 16.6. The minimum Gasteiger partial charge on any atom is -0.467 e. The molecule has 1 atom stereocenters. The molecule has 2 aromatic heterocycles. The third kappa shape index (κ3) is 4.30. The summed E-state index contributed by atoms with van der Waals surface area (Å²) in [7, 11) is 0. The van der Waals surface area contributed by atoms with Gasteiger partial charge in [0.25, 0.3) is 5.91 Å². The summed E-state index contributed by atoms with van der Waals surface area (Å²) in [6.45, 7) is 10.8. The highest BCUT2D eigenvalue weighted by Gasteiger charge is 2.21. The molecule has 27 heavy (non-hydrogen) atoms. The van der Waals surface area contributed by atoms with Gasteiger partial charge in [-0.3, -0.25) is 9.48 Å². The average Bonchev–Trinajstić information content (AvgIpc) is 3.25. The highest BCUT2D eigenvalue weighted by molar-refractivity contribution is 5.94. The van der Waals surface area contributed by atoms with Crippen LogP contribution in [0.5, 0.6) is 0 Å². The highest BCUT2D eigenvalue weighted by atomic mass is 16.3. The summed E-state index contributed by atoms with van der Waals surface area (Å²) in [5.41, 5.74) is 3.88. The van der Waals surface area contributed by atoms with Crippen molar-refractivity contribution < 1.29 is 9.21 Å². The number of rotatable bonds is 5. The van der Waals surface area contributed by atoms with E-state index < -0.39 is 0 Å². The van der Waals surface area contributed by atoms with E-state index in [1.165, 1.54) is 5.56 Å². The molecule has 1 N–H and O–H groups in total. The molecule has 0 saturated carbocycles. The van der Waals surface area contributed by atoms with E-state index in [-0.39, 0.29) is 17.4 Å². The molecule has 0 aliphatic rings. The third-order valence-electron chi connectivity index (χ3n) is 4.68. The summed E-state index contributed by atoms with van der Waals surface area (Å²) in [6.07, 6.45) is 1.64. The Bertz CT molecular complexity index is 900. The summed E-state index contributed by atoms with van der Waals surface area (Å²) >= 11 is 0. The fourth-order valence-electron chi connectivity index (χ4n) is 3.16. The van der Waals surface area contributed by atoms with Crippen molar-refractivity contribution in [1.82, 2.24) is 15.1 Å². The van der Waals surface area contributed by atoms with Crippen LogP contribution in [0, 0.1) is 13.8 Å². The lowest BCUT2D eigenvalue weighted by Gasteiger charge is -2.20. The van der Waals surface area contributed by atoms with E-state index >= 15 is 0 Å². The number of furan rings is 1. The van der Waals surface area contributed by atoms with Crippen molar-refractivity contribution in [3.05, 3.63) is 77.0 Å². The fourth-order valence-corrected chi connectivity index (χ4v) is 3.16. The van der Waals surface area contributed by atoms with Crippen molar-refractivity contribution in [3.63, 3.8) is 0 Å². The molecule has 0 saturated heterocycles. The quantitative estimate of drug-likeness (QED) is 0.728. The number of aryl methyl sites for hydroxylation is 2. The van der Waals surface area contributed by atoms with Crippen LogP contribution in [0.2, 0.25) is 0 Å². The van der Waals surface area contributed by atoms with Gasteiger partial charge in [0.1, 0.15) is 11.8 Å². The van der Waals surface area contributed by atoms with Crippen LogP contribution in [0.15, 0.2) is 53.1 Å². The molecule has 5 heteroatoms. The topological polar surface area (TPSA) is 60.1 Å². The molecule has 0 aliphatic carbocycles. The molecule has 0 spiro atoms. The lowest BCUT2D eigenvalue weighted by atomic mass is 9.87. The maximum Gasteiger partial charge on any atom is 0.251 e. The van der Waals surface area contributed by atoms with Crippen molar-refractivity contribution in [2.75, 3.05) is 6.54 Å². The minimum atomic E-state index is -0.188. The SMILES string of the molecule is Cc1cc(C)n(C(CNC(=O)c2ccc(C(C)(C)C)cc2)c2ccco2)n1. The van der Waals surface area contributed by atoms with Gasteiger partial charge < -0.3 is 9.73 Å². The van der Waals surface area contributed by atoms with Crippen LogP contribution in [-0.4, -0.2) is 22.2 Å². The molecule has 5 nitrogen and oxygen atoms in total. The molecular formula is C22H27N3O2. The Morgan fingerprint density at radius 1 is 1.19 bits per heavy atom. The first-order valence-corrected chi connectivity index (χ1v) is 9.20. The average molecular weight is 365 g/mol. The fraction of sp³-hybridized carbons (Fsp3) is 0.364. The van der Waals surface area contributed by atoms with Crippen LogP contribution in [0.1, 0.15) is 59.9 Å². The second kappa shape index (κ2) is 7.43. The highest BCUT2D eigenvalue weighted by Crippen LogP contribution is 2.23. The zero-order chi connectivity index (χ0) is 19.6. The van der Waals surface area contributed by atoms with Crippen LogP contribution >= 0.6 is 0 Å². The summed E-state index contributed by atoms with van der Waals surface area (Å²) in [5.74, 6) is 0.665. The van der Waals surface area contributed by atoms with Gasteiger partial charge in [0.05, 0.1) is 12.0 Å². The summed E-state index contributed by atoms with van der Waals surface area (Å²) in [5, 5.41) is 7.58. The predicted molar refractivity (Wildman–Crippen MR) is 106 cm³/mol. The van der Waals surface area contributed by atoms with E-state index in [1.807, 2.05) is 61.0 Å². The number of nitrogens with one attached hydrogen (secondary N) is 1. The molecule has 0 radical (unpaired) electrons. The molecular weight excluding hydrogens is 338 g/mol. The minimum absolute atomic E-state index is 0.0644. The van der Waals surface area contributed by atoms with Gasteiger partial charge in [0.15, 0.2) is 0 Å². The van der Waals surface area contributed by atoms with Gasteiger partial charge in [-0.15, -0.1) is 0 Å². The first-order chi connectivity index (χ1) is 12.8. The Kier molecular flexibility index (Phi) is 5.22. The first-order valence-electron chi connectivity index (χ1n) is 9.20. The van der Waals surface area contributed by atoms with Crippen molar-refractivity contribution in [2.24, 2.45) is 0 Å². The number of carbonyl (C=O) groups is 1. The monoisotopic (exact) mass is 365 g/mol. The van der Waals surface area contributed by atoms with E-state index in [4.69, 9.17) is 4.42 Å². The van der Waals surface area contributed by atoms with Crippen LogP contribution < -0.4 is 5.32 Å². The normalized spacial score (nSPS) is 12.8. The Balaban J connectivity index is 1.76. The van der Waals surface area contributed by atoms with Gasteiger partial charge in [-0.2, -0.15) is 5.10 Å². The van der Waals surface area contributed by atoms with E-state index in [0.717, 1.165) is 17.1 Å². The van der Waals surface area contributed by atoms with Gasteiger partial charge in [-0.05, 0) is 55.2 Å². The van der Waals surface area contributed by atoms with Gasteiger partial charge in [-0.25, -0.2) is 0 Å². The predicted octanol–water partition coefficient (Wildman–Crippen LogP) is 4.41. The number of benzene rings is 1. The molecule has 3 aromatic rings. The largest absolute Gasteiger partial charge is 0.467 e. The zero-order valence-corrected chi connectivity index (χ0v) is 16.6. The van der Waals surface area contributed by atoms with Crippen molar-refractivity contribution in [3.8, 4) is 0 Å². The maximum absolute atomic E-state index is 12.6. The molecule has 1 amide bonds. The van der Waals surface area contributed by atoms with Gasteiger partial charge in [0, 0.05) is 17.8 Å². The van der Waals surface area contributed by atoms with Crippen LogP contribution in [0.4, 0.5) is 0 Å². The van der Waals surface area contributed by atoms with E-state index in [9.17, 15) is 4.79 Å². The van der Waals surface area contributed by atoms with Crippen molar-refractivity contribution in [1.29, 1.82) is 0 Å². The second-order valence-electron chi connectivity index (χ2n) is 7.94. The van der Waals surface area contributed by atoms with Gasteiger partial charge in [-0.1, -0.05) is 32.9 Å². The number of amides is 1. The van der Waals surface area contributed by atoms with Crippen LogP contribution in [0.25, 0.3) is 0 Å². The Morgan fingerprint density at radius 2 is 1.89 bits per heavy atom. The van der Waals surface area contributed by atoms with Crippen LogP contribution in [-0.2, 0) is 5.41 Å².